The maximum atomic E-state index is 5.78. The van der Waals surface area contributed by atoms with Gasteiger partial charge in [0.15, 0.2) is 5.65 Å². The summed E-state index contributed by atoms with van der Waals surface area (Å²) in [7, 11) is 0. The van der Waals surface area contributed by atoms with E-state index in [4.69, 9.17) is 5.73 Å². The summed E-state index contributed by atoms with van der Waals surface area (Å²) in [6.45, 7) is 4.32. The minimum atomic E-state index is 0.573. The van der Waals surface area contributed by atoms with Gasteiger partial charge in [0.2, 0.25) is 0 Å². The lowest BCUT2D eigenvalue weighted by molar-refractivity contribution is 0.616. The van der Waals surface area contributed by atoms with Crippen LogP contribution in [0.15, 0.2) is 18.3 Å². The SMILES string of the molecule is CC(C)Cc1nnc2c(N)cccn12. The molecule has 0 aliphatic carbocycles. The Labute approximate surface area is 82.8 Å². The molecule has 2 N–H and O–H groups in total. The van der Waals surface area contributed by atoms with Gasteiger partial charge in [0.05, 0.1) is 5.69 Å². The fourth-order valence-corrected chi connectivity index (χ4v) is 1.49. The highest BCUT2D eigenvalue weighted by molar-refractivity contribution is 5.63. The van der Waals surface area contributed by atoms with Crippen molar-refractivity contribution in [3.8, 4) is 0 Å². The fraction of sp³-hybridized carbons (Fsp3) is 0.400. The number of nitrogens with two attached hydrogens (primary N) is 1. The summed E-state index contributed by atoms with van der Waals surface area (Å²) in [5, 5.41) is 8.19. The van der Waals surface area contributed by atoms with Crippen molar-refractivity contribution in [3.63, 3.8) is 0 Å². The Bertz CT molecular complexity index is 444. The maximum absolute atomic E-state index is 5.78. The van der Waals surface area contributed by atoms with Gasteiger partial charge in [-0.1, -0.05) is 13.8 Å². The van der Waals surface area contributed by atoms with Gasteiger partial charge < -0.3 is 5.73 Å². The van der Waals surface area contributed by atoms with Crippen LogP contribution in [0.25, 0.3) is 5.65 Å². The van der Waals surface area contributed by atoms with Gasteiger partial charge in [-0.05, 0) is 18.1 Å². The minimum Gasteiger partial charge on any atom is -0.396 e. The second-order valence-electron chi connectivity index (χ2n) is 3.87. The molecule has 0 saturated carbocycles. The van der Waals surface area contributed by atoms with E-state index in [-0.39, 0.29) is 0 Å². The van der Waals surface area contributed by atoms with Crippen LogP contribution in [0, 0.1) is 5.92 Å². The third-order valence-corrected chi connectivity index (χ3v) is 2.13. The molecule has 4 heteroatoms. The third kappa shape index (κ3) is 1.43. The summed E-state index contributed by atoms with van der Waals surface area (Å²) in [6.07, 6.45) is 2.87. The molecule has 0 radical (unpaired) electrons. The number of rotatable bonds is 2. The summed E-state index contributed by atoms with van der Waals surface area (Å²) < 4.78 is 1.95. The normalized spacial score (nSPS) is 11.4. The highest BCUT2D eigenvalue weighted by Crippen LogP contribution is 2.13. The maximum Gasteiger partial charge on any atom is 0.183 e. The van der Waals surface area contributed by atoms with E-state index < -0.39 is 0 Å². The first-order valence-corrected chi connectivity index (χ1v) is 4.76. The van der Waals surface area contributed by atoms with Crippen molar-refractivity contribution in [2.24, 2.45) is 5.92 Å². The first-order chi connectivity index (χ1) is 6.68. The van der Waals surface area contributed by atoms with Crippen molar-refractivity contribution < 1.29 is 0 Å². The van der Waals surface area contributed by atoms with Gasteiger partial charge in [-0.2, -0.15) is 0 Å². The Morgan fingerprint density at radius 2 is 2.21 bits per heavy atom. The molecule has 0 atom stereocenters. The minimum absolute atomic E-state index is 0.573. The molecule has 0 spiro atoms. The number of fused-ring (bicyclic) bond motifs is 1. The van der Waals surface area contributed by atoms with E-state index in [9.17, 15) is 0 Å². The van der Waals surface area contributed by atoms with Crippen LogP contribution in [0.1, 0.15) is 19.7 Å². The van der Waals surface area contributed by atoms with Crippen LogP contribution in [-0.2, 0) is 6.42 Å². The van der Waals surface area contributed by atoms with Crippen LogP contribution >= 0.6 is 0 Å². The number of hydrogen-bond acceptors (Lipinski definition) is 3. The average molecular weight is 190 g/mol. The number of nitrogens with zero attached hydrogens (tertiary/aromatic N) is 3. The van der Waals surface area contributed by atoms with E-state index in [1.54, 1.807) is 0 Å². The predicted octanol–water partition coefficient (Wildman–Crippen LogP) is 1.51. The van der Waals surface area contributed by atoms with Crippen molar-refractivity contribution in [1.29, 1.82) is 0 Å². The number of hydrogen-bond donors (Lipinski definition) is 1. The van der Waals surface area contributed by atoms with Gasteiger partial charge in [-0.3, -0.25) is 4.40 Å². The van der Waals surface area contributed by atoms with Crippen LogP contribution in [0.3, 0.4) is 0 Å². The Kier molecular flexibility index (Phi) is 2.11. The summed E-state index contributed by atoms with van der Waals surface area (Å²) in [5.74, 6) is 1.55. The zero-order chi connectivity index (χ0) is 10.1. The zero-order valence-electron chi connectivity index (χ0n) is 8.44. The number of pyridine rings is 1. The lowest BCUT2D eigenvalue weighted by Gasteiger charge is -2.02. The number of aromatic nitrogens is 3. The standard InChI is InChI=1S/C10H14N4/c1-7(2)6-9-12-13-10-8(11)4-3-5-14(9)10/h3-5,7H,6,11H2,1-2H3. The van der Waals surface area contributed by atoms with Crippen LogP contribution < -0.4 is 5.73 Å². The molecule has 2 aromatic rings. The van der Waals surface area contributed by atoms with Gasteiger partial charge in [0, 0.05) is 12.6 Å². The summed E-state index contributed by atoms with van der Waals surface area (Å²) >= 11 is 0. The molecule has 0 saturated heterocycles. The van der Waals surface area contributed by atoms with Gasteiger partial charge in [0.25, 0.3) is 0 Å². The first-order valence-electron chi connectivity index (χ1n) is 4.76. The van der Waals surface area contributed by atoms with E-state index in [1.807, 2.05) is 22.7 Å². The lowest BCUT2D eigenvalue weighted by Crippen LogP contribution is -2.00. The zero-order valence-corrected chi connectivity index (χ0v) is 8.44. The third-order valence-electron chi connectivity index (χ3n) is 2.13. The molecule has 0 aliphatic heterocycles. The van der Waals surface area contributed by atoms with Gasteiger partial charge in [-0.25, -0.2) is 0 Å². The lowest BCUT2D eigenvalue weighted by atomic mass is 10.1. The van der Waals surface area contributed by atoms with Crippen LogP contribution in [-0.4, -0.2) is 14.6 Å². The summed E-state index contributed by atoms with van der Waals surface area (Å²) in [5.41, 5.74) is 7.21. The highest BCUT2D eigenvalue weighted by atomic mass is 15.2. The molecule has 0 bridgehead atoms. The Morgan fingerprint density at radius 3 is 2.93 bits per heavy atom. The Hall–Kier alpha value is -1.58. The van der Waals surface area contributed by atoms with E-state index in [2.05, 4.69) is 24.0 Å². The van der Waals surface area contributed by atoms with Crippen molar-refractivity contribution in [2.45, 2.75) is 20.3 Å². The number of anilines is 1. The second kappa shape index (κ2) is 3.29. The molecule has 2 aromatic heterocycles. The molecule has 4 nitrogen and oxygen atoms in total. The average Bonchev–Trinajstić information content (AvgIpc) is 2.49. The van der Waals surface area contributed by atoms with Crippen molar-refractivity contribution in [2.75, 3.05) is 5.73 Å². The largest absolute Gasteiger partial charge is 0.396 e. The van der Waals surface area contributed by atoms with Crippen LogP contribution in [0.4, 0.5) is 5.69 Å². The van der Waals surface area contributed by atoms with Crippen molar-refractivity contribution >= 4 is 11.3 Å². The molecule has 74 valence electrons. The van der Waals surface area contributed by atoms with Gasteiger partial charge >= 0.3 is 0 Å². The highest BCUT2D eigenvalue weighted by Gasteiger charge is 2.08. The van der Waals surface area contributed by atoms with E-state index in [0.29, 0.717) is 11.6 Å². The molecule has 0 unspecified atom stereocenters. The molecule has 0 aromatic carbocycles. The van der Waals surface area contributed by atoms with Crippen LogP contribution in [0.5, 0.6) is 0 Å². The summed E-state index contributed by atoms with van der Waals surface area (Å²) in [6, 6.07) is 3.75. The van der Waals surface area contributed by atoms with E-state index in [0.717, 1.165) is 17.9 Å². The number of nitrogen functional groups attached to an aromatic ring is 1. The van der Waals surface area contributed by atoms with Gasteiger partial charge in [-0.15, -0.1) is 10.2 Å². The smallest absolute Gasteiger partial charge is 0.183 e. The molecular formula is C10H14N4. The molecule has 0 fully saturated rings. The quantitative estimate of drug-likeness (QED) is 0.781. The fourth-order valence-electron chi connectivity index (χ4n) is 1.49. The molecular weight excluding hydrogens is 176 g/mol. The molecule has 2 rings (SSSR count). The molecule has 2 heterocycles. The van der Waals surface area contributed by atoms with Gasteiger partial charge in [0.1, 0.15) is 5.82 Å². The Balaban J connectivity index is 2.52. The Morgan fingerprint density at radius 1 is 1.43 bits per heavy atom. The van der Waals surface area contributed by atoms with E-state index in [1.165, 1.54) is 0 Å². The van der Waals surface area contributed by atoms with Crippen molar-refractivity contribution in [3.05, 3.63) is 24.2 Å². The predicted molar refractivity (Wildman–Crippen MR) is 55.9 cm³/mol. The molecule has 0 amide bonds. The van der Waals surface area contributed by atoms with Crippen LogP contribution in [0.2, 0.25) is 0 Å². The molecule has 0 aliphatic rings. The summed E-state index contributed by atoms with van der Waals surface area (Å²) in [4.78, 5) is 0. The van der Waals surface area contributed by atoms with E-state index >= 15 is 0 Å². The van der Waals surface area contributed by atoms with Crippen molar-refractivity contribution in [1.82, 2.24) is 14.6 Å². The first kappa shape index (κ1) is 8.99. The topological polar surface area (TPSA) is 56.2 Å². The monoisotopic (exact) mass is 190 g/mol. The molecule has 14 heavy (non-hydrogen) atoms. The second-order valence-corrected chi connectivity index (χ2v) is 3.87.